The molecule has 4 heteroatoms. The van der Waals surface area contributed by atoms with E-state index in [4.69, 9.17) is 0 Å². The molecule has 2 fully saturated rings. The Labute approximate surface area is 111 Å². The molecule has 2 saturated heterocycles. The van der Waals surface area contributed by atoms with E-state index in [0.717, 1.165) is 18.9 Å². The maximum atomic E-state index is 13.7. The van der Waals surface area contributed by atoms with E-state index in [2.05, 4.69) is 5.32 Å². The van der Waals surface area contributed by atoms with Crippen LogP contribution in [0.4, 0.5) is 8.78 Å². The highest BCUT2D eigenvalue weighted by molar-refractivity contribution is 5.21. The highest BCUT2D eigenvalue weighted by Crippen LogP contribution is 2.35. The normalized spacial score (nSPS) is 34.3. The van der Waals surface area contributed by atoms with Crippen LogP contribution < -0.4 is 5.32 Å². The van der Waals surface area contributed by atoms with Crippen LogP contribution in [0.25, 0.3) is 0 Å². The van der Waals surface area contributed by atoms with Crippen molar-refractivity contribution in [3.05, 3.63) is 35.4 Å². The van der Waals surface area contributed by atoms with Crippen molar-refractivity contribution in [2.24, 2.45) is 0 Å². The molecule has 0 aliphatic carbocycles. The molecule has 2 heterocycles. The van der Waals surface area contributed by atoms with E-state index in [1.54, 1.807) is 0 Å². The second kappa shape index (κ2) is 4.84. The maximum absolute atomic E-state index is 13.7. The predicted molar refractivity (Wildman–Crippen MR) is 68.8 cm³/mol. The summed E-state index contributed by atoms with van der Waals surface area (Å²) in [6.45, 7) is 0. The van der Waals surface area contributed by atoms with Crippen molar-refractivity contribution in [3.63, 3.8) is 0 Å². The van der Waals surface area contributed by atoms with Crippen LogP contribution in [0.2, 0.25) is 0 Å². The fourth-order valence-electron chi connectivity index (χ4n) is 3.60. The van der Waals surface area contributed by atoms with Gasteiger partial charge in [0.1, 0.15) is 11.6 Å². The summed E-state index contributed by atoms with van der Waals surface area (Å²) in [5.74, 6) is -1.13. The zero-order valence-electron chi connectivity index (χ0n) is 10.8. The number of nitrogens with one attached hydrogen (secondary N) is 1. The van der Waals surface area contributed by atoms with Gasteiger partial charge < -0.3 is 10.4 Å². The van der Waals surface area contributed by atoms with Crippen LogP contribution in [0.3, 0.4) is 0 Å². The largest absolute Gasteiger partial charge is 0.389 e. The van der Waals surface area contributed by atoms with Gasteiger partial charge in [-0.05, 0) is 37.3 Å². The van der Waals surface area contributed by atoms with Crippen LogP contribution in [-0.4, -0.2) is 22.8 Å². The van der Waals surface area contributed by atoms with Crippen LogP contribution in [0.5, 0.6) is 0 Å². The number of rotatable bonds is 2. The first-order valence-electron chi connectivity index (χ1n) is 6.96. The number of hydrogen-bond donors (Lipinski definition) is 2. The Morgan fingerprint density at radius 3 is 2.53 bits per heavy atom. The van der Waals surface area contributed by atoms with Gasteiger partial charge in [0.2, 0.25) is 0 Å². The van der Waals surface area contributed by atoms with Crippen molar-refractivity contribution in [2.45, 2.75) is 56.2 Å². The third-order valence-electron chi connectivity index (χ3n) is 4.36. The topological polar surface area (TPSA) is 32.3 Å². The van der Waals surface area contributed by atoms with E-state index in [0.29, 0.717) is 30.5 Å². The molecule has 19 heavy (non-hydrogen) atoms. The molecule has 2 bridgehead atoms. The molecule has 3 rings (SSSR count). The molecule has 0 saturated carbocycles. The standard InChI is InChI=1S/C15H19F2NO/c16-11-5-4-10(14(17)6-11)7-15(19)8-12-2-1-3-13(9-15)18-12/h4-6,12-13,18-19H,1-3,7-9H2. The first-order valence-corrected chi connectivity index (χ1v) is 6.96. The third-order valence-corrected chi connectivity index (χ3v) is 4.36. The summed E-state index contributed by atoms with van der Waals surface area (Å²) in [4.78, 5) is 0. The highest BCUT2D eigenvalue weighted by Gasteiger charge is 2.40. The maximum Gasteiger partial charge on any atom is 0.129 e. The van der Waals surface area contributed by atoms with Gasteiger partial charge in [-0.1, -0.05) is 12.5 Å². The monoisotopic (exact) mass is 267 g/mol. The second-order valence-electron chi connectivity index (χ2n) is 6.04. The minimum absolute atomic E-state index is 0.272. The predicted octanol–water partition coefficient (Wildman–Crippen LogP) is 2.54. The van der Waals surface area contributed by atoms with Gasteiger partial charge in [-0.2, -0.15) is 0 Å². The van der Waals surface area contributed by atoms with Gasteiger partial charge in [0.15, 0.2) is 0 Å². The molecular formula is C15H19F2NO. The van der Waals surface area contributed by atoms with Crippen LogP contribution in [0.1, 0.15) is 37.7 Å². The molecule has 2 N–H and O–H groups in total. The average Bonchev–Trinajstić information content (AvgIpc) is 2.32. The van der Waals surface area contributed by atoms with E-state index < -0.39 is 17.2 Å². The smallest absolute Gasteiger partial charge is 0.129 e. The summed E-state index contributed by atoms with van der Waals surface area (Å²) in [6.07, 6.45) is 4.92. The molecule has 0 amide bonds. The lowest BCUT2D eigenvalue weighted by molar-refractivity contribution is -0.0308. The molecule has 2 aliphatic rings. The quantitative estimate of drug-likeness (QED) is 0.863. The molecule has 0 spiro atoms. The lowest BCUT2D eigenvalue weighted by Crippen LogP contribution is -2.56. The van der Waals surface area contributed by atoms with E-state index in [1.165, 1.54) is 18.6 Å². The zero-order valence-corrected chi connectivity index (χ0v) is 10.8. The molecule has 2 unspecified atom stereocenters. The van der Waals surface area contributed by atoms with E-state index in [9.17, 15) is 13.9 Å². The van der Waals surface area contributed by atoms with Crippen LogP contribution in [0.15, 0.2) is 18.2 Å². The van der Waals surface area contributed by atoms with Gasteiger partial charge in [0.05, 0.1) is 5.60 Å². The second-order valence-corrected chi connectivity index (χ2v) is 6.04. The van der Waals surface area contributed by atoms with Gasteiger partial charge in [-0.15, -0.1) is 0 Å². The van der Waals surface area contributed by atoms with Crippen molar-refractivity contribution < 1.29 is 13.9 Å². The van der Waals surface area contributed by atoms with Gasteiger partial charge in [-0.25, -0.2) is 8.78 Å². The molecule has 1 aromatic carbocycles. The Balaban J connectivity index is 1.77. The van der Waals surface area contributed by atoms with E-state index in [-0.39, 0.29) is 6.42 Å². The first-order chi connectivity index (χ1) is 9.04. The number of fused-ring (bicyclic) bond motifs is 2. The zero-order chi connectivity index (χ0) is 13.5. The van der Waals surface area contributed by atoms with E-state index >= 15 is 0 Å². The lowest BCUT2D eigenvalue weighted by atomic mass is 9.74. The summed E-state index contributed by atoms with van der Waals surface area (Å²) in [5, 5.41) is 14.2. The van der Waals surface area contributed by atoms with E-state index in [1.807, 2.05) is 0 Å². The van der Waals surface area contributed by atoms with Crippen LogP contribution in [-0.2, 0) is 6.42 Å². The van der Waals surface area contributed by atoms with Crippen LogP contribution >= 0.6 is 0 Å². The summed E-state index contributed by atoms with van der Waals surface area (Å²) in [5.41, 5.74) is -0.455. The van der Waals surface area contributed by atoms with Crippen molar-refractivity contribution in [1.82, 2.24) is 5.32 Å². The fraction of sp³-hybridized carbons (Fsp3) is 0.600. The van der Waals surface area contributed by atoms with Crippen LogP contribution in [0, 0.1) is 11.6 Å². The van der Waals surface area contributed by atoms with Gasteiger partial charge >= 0.3 is 0 Å². The summed E-state index contributed by atoms with van der Waals surface area (Å²) >= 11 is 0. The van der Waals surface area contributed by atoms with Crippen molar-refractivity contribution in [1.29, 1.82) is 0 Å². The molecule has 2 atom stereocenters. The van der Waals surface area contributed by atoms with Crippen molar-refractivity contribution in [2.75, 3.05) is 0 Å². The Morgan fingerprint density at radius 1 is 1.21 bits per heavy atom. The third kappa shape index (κ3) is 2.79. The van der Waals surface area contributed by atoms with Gasteiger partial charge in [0.25, 0.3) is 0 Å². The molecule has 1 aromatic rings. The van der Waals surface area contributed by atoms with Gasteiger partial charge in [-0.3, -0.25) is 0 Å². The minimum Gasteiger partial charge on any atom is -0.389 e. The number of halogens is 2. The Bertz CT molecular complexity index is 465. The summed E-state index contributed by atoms with van der Waals surface area (Å²) in [7, 11) is 0. The van der Waals surface area contributed by atoms with Crippen molar-refractivity contribution >= 4 is 0 Å². The molecule has 2 aliphatic heterocycles. The number of aliphatic hydroxyl groups is 1. The fourth-order valence-corrected chi connectivity index (χ4v) is 3.60. The molecule has 104 valence electrons. The highest BCUT2D eigenvalue weighted by atomic mass is 19.1. The lowest BCUT2D eigenvalue weighted by Gasteiger charge is -2.45. The van der Waals surface area contributed by atoms with Crippen molar-refractivity contribution in [3.8, 4) is 0 Å². The minimum atomic E-state index is -0.861. The Kier molecular flexibility index (Phi) is 3.31. The Morgan fingerprint density at radius 2 is 1.89 bits per heavy atom. The molecule has 0 aromatic heterocycles. The Hall–Kier alpha value is -1.00. The average molecular weight is 267 g/mol. The first kappa shape index (κ1) is 13.0. The number of benzene rings is 1. The number of hydrogen-bond acceptors (Lipinski definition) is 2. The number of piperidine rings is 2. The molecule has 2 nitrogen and oxygen atoms in total. The summed E-state index contributed by atoms with van der Waals surface area (Å²) < 4.78 is 26.6. The molecule has 0 radical (unpaired) electrons. The summed E-state index contributed by atoms with van der Waals surface area (Å²) in [6, 6.07) is 4.26. The SMILES string of the molecule is OC1(Cc2ccc(F)cc2F)CC2CCCC(C1)N2. The molecular weight excluding hydrogens is 248 g/mol. The van der Waals surface area contributed by atoms with Gasteiger partial charge in [0, 0.05) is 24.6 Å².